The van der Waals surface area contributed by atoms with Crippen molar-refractivity contribution in [2.45, 2.75) is 25.3 Å². The lowest BCUT2D eigenvalue weighted by Gasteiger charge is -2.46. The molecule has 3 rings (SSSR count). The van der Waals surface area contributed by atoms with Crippen molar-refractivity contribution in [2.24, 2.45) is 5.92 Å². The van der Waals surface area contributed by atoms with Crippen molar-refractivity contribution in [3.05, 3.63) is 21.8 Å². The molecule has 0 amide bonds. The van der Waals surface area contributed by atoms with Crippen molar-refractivity contribution in [2.75, 3.05) is 37.3 Å². The van der Waals surface area contributed by atoms with E-state index in [1.54, 1.807) is 0 Å². The van der Waals surface area contributed by atoms with Crippen molar-refractivity contribution in [1.29, 1.82) is 0 Å². The summed E-state index contributed by atoms with van der Waals surface area (Å²) in [5.74, 6) is 0.811. The van der Waals surface area contributed by atoms with Crippen molar-refractivity contribution in [3.63, 3.8) is 0 Å². The monoisotopic (exact) mass is 371 g/mol. The molecule has 4 heteroatoms. The molecule has 2 heterocycles. The third-order valence-corrected chi connectivity index (χ3v) is 5.35. The van der Waals surface area contributed by atoms with Crippen molar-refractivity contribution in [3.8, 4) is 0 Å². The number of piperidine rings is 2. The number of anilines is 2. The minimum Gasteiger partial charge on any atom is -0.397 e. The Morgan fingerprint density at radius 1 is 1.26 bits per heavy atom. The van der Waals surface area contributed by atoms with Gasteiger partial charge < -0.3 is 15.5 Å². The summed E-state index contributed by atoms with van der Waals surface area (Å²) < 4.78 is 1.21. The summed E-state index contributed by atoms with van der Waals surface area (Å²) in [6.45, 7) is 3.57. The number of nitrogens with two attached hydrogens (primary N) is 1. The van der Waals surface area contributed by atoms with Crippen LogP contribution in [0, 0.1) is 9.49 Å². The second kappa shape index (κ2) is 5.48. The van der Waals surface area contributed by atoms with Crippen LogP contribution in [0.1, 0.15) is 19.3 Å². The SMILES string of the molecule is CN1CCCC2CN(c3ccc(I)cc3N)CCC21. The van der Waals surface area contributed by atoms with Crippen LogP contribution < -0.4 is 10.6 Å². The molecule has 0 spiro atoms. The zero-order valence-corrected chi connectivity index (χ0v) is 13.6. The number of benzene rings is 1. The van der Waals surface area contributed by atoms with Crippen molar-refractivity contribution in [1.82, 2.24) is 4.90 Å². The lowest BCUT2D eigenvalue weighted by molar-refractivity contribution is 0.102. The van der Waals surface area contributed by atoms with Gasteiger partial charge in [-0.2, -0.15) is 0 Å². The summed E-state index contributed by atoms with van der Waals surface area (Å²) in [7, 11) is 2.28. The molecule has 2 N–H and O–H groups in total. The Hall–Kier alpha value is -0.490. The highest BCUT2D eigenvalue weighted by Gasteiger charge is 2.34. The molecule has 0 aromatic heterocycles. The van der Waals surface area contributed by atoms with Crippen LogP contribution in [0.2, 0.25) is 0 Å². The predicted octanol–water partition coefficient (Wildman–Crippen LogP) is 2.79. The fourth-order valence-corrected chi connectivity index (χ4v) is 4.20. The fraction of sp³-hybridized carbons (Fsp3) is 0.600. The summed E-state index contributed by atoms with van der Waals surface area (Å²) in [5.41, 5.74) is 8.34. The van der Waals surface area contributed by atoms with Crippen molar-refractivity contribution < 1.29 is 0 Å². The highest BCUT2D eigenvalue weighted by Crippen LogP contribution is 2.34. The maximum absolute atomic E-state index is 6.19. The van der Waals surface area contributed by atoms with Gasteiger partial charge in [-0.05, 0) is 79.6 Å². The maximum atomic E-state index is 6.19. The molecule has 2 aliphatic heterocycles. The molecular formula is C15H22IN3. The normalized spacial score (nSPS) is 28.2. The largest absolute Gasteiger partial charge is 0.397 e. The Labute approximate surface area is 129 Å². The molecule has 0 radical (unpaired) electrons. The number of likely N-dealkylation sites (tertiary alicyclic amines) is 1. The molecule has 0 saturated carbocycles. The Balaban J connectivity index is 1.77. The van der Waals surface area contributed by atoms with Crippen LogP contribution in [0.5, 0.6) is 0 Å². The van der Waals surface area contributed by atoms with E-state index in [1.807, 2.05) is 0 Å². The first-order chi connectivity index (χ1) is 9.15. The van der Waals surface area contributed by atoms with E-state index in [0.717, 1.165) is 24.2 Å². The summed E-state index contributed by atoms with van der Waals surface area (Å²) in [5, 5.41) is 0. The number of hydrogen-bond acceptors (Lipinski definition) is 3. The second-order valence-corrected chi connectivity index (χ2v) is 7.13. The zero-order valence-electron chi connectivity index (χ0n) is 11.5. The number of nitrogen functional groups attached to an aromatic ring is 1. The number of hydrogen-bond donors (Lipinski definition) is 1. The van der Waals surface area contributed by atoms with Crippen LogP contribution in [0.4, 0.5) is 11.4 Å². The molecule has 2 unspecified atom stereocenters. The molecule has 1 aromatic rings. The van der Waals surface area contributed by atoms with Gasteiger partial charge in [-0.25, -0.2) is 0 Å². The minimum atomic E-state index is 0.787. The van der Waals surface area contributed by atoms with E-state index in [0.29, 0.717) is 0 Å². The van der Waals surface area contributed by atoms with E-state index in [-0.39, 0.29) is 0 Å². The van der Waals surface area contributed by atoms with E-state index in [9.17, 15) is 0 Å². The predicted molar refractivity (Wildman–Crippen MR) is 89.5 cm³/mol. The number of nitrogens with zero attached hydrogens (tertiary/aromatic N) is 2. The summed E-state index contributed by atoms with van der Waals surface area (Å²) in [6, 6.07) is 7.21. The number of fused-ring (bicyclic) bond motifs is 1. The first-order valence-electron chi connectivity index (χ1n) is 7.15. The highest BCUT2D eigenvalue weighted by molar-refractivity contribution is 14.1. The van der Waals surface area contributed by atoms with Gasteiger partial charge in [0.2, 0.25) is 0 Å². The summed E-state index contributed by atoms with van der Waals surface area (Å²) >= 11 is 2.32. The van der Waals surface area contributed by atoms with E-state index in [1.165, 1.54) is 41.6 Å². The molecule has 104 valence electrons. The van der Waals surface area contributed by atoms with Gasteiger partial charge in [0, 0.05) is 22.7 Å². The molecule has 2 aliphatic rings. The number of rotatable bonds is 1. The van der Waals surface area contributed by atoms with Crippen molar-refractivity contribution >= 4 is 34.0 Å². The molecule has 0 bridgehead atoms. The van der Waals surface area contributed by atoms with Gasteiger partial charge in [0.1, 0.15) is 0 Å². The lowest BCUT2D eigenvalue weighted by Crippen LogP contribution is -2.52. The fourth-order valence-electron chi connectivity index (χ4n) is 3.68. The van der Waals surface area contributed by atoms with Crippen LogP contribution in [0.3, 0.4) is 0 Å². The average molecular weight is 371 g/mol. The summed E-state index contributed by atoms with van der Waals surface area (Å²) in [6.07, 6.45) is 3.98. The van der Waals surface area contributed by atoms with Gasteiger partial charge >= 0.3 is 0 Å². The summed E-state index contributed by atoms with van der Waals surface area (Å²) in [4.78, 5) is 5.05. The molecule has 2 saturated heterocycles. The third-order valence-electron chi connectivity index (χ3n) is 4.68. The first-order valence-corrected chi connectivity index (χ1v) is 8.23. The Kier molecular flexibility index (Phi) is 3.89. The standard InChI is InChI=1S/C15H22IN3/c1-18-7-2-3-11-10-19(8-6-14(11)18)15-5-4-12(16)9-13(15)17/h4-5,9,11,14H,2-3,6-8,10,17H2,1H3. The molecule has 19 heavy (non-hydrogen) atoms. The average Bonchev–Trinajstić information content (AvgIpc) is 2.38. The first kappa shape index (κ1) is 13.5. The van der Waals surface area contributed by atoms with Gasteiger partial charge in [0.15, 0.2) is 0 Å². The smallest absolute Gasteiger partial charge is 0.0600 e. The third kappa shape index (κ3) is 2.70. The van der Waals surface area contributed by atoms with Crippen LogP contribution in [-0.2, 0) is 0 Å². The molecular weight excluding hydrogens is 349 g/mol. The van der Waals surface area contributed by atoms with Crippen LogP contribution in [-0.4, -0.2) is 37.6 Å². The van der Waals surface area contributed by atoms with Gasteiger partial charge in [0.05, 0.1) is 11.4 Å². The zero-order chi connectivity index (χ0) is 13.4. The highest BCUT2D eigenvalue weighted by atomic mass is 127. The molecule has 2 atom stereocenters. The van der Waals surface area contributed by atoms with E-state index >= 15 is 0 Å². The quantitative estimate of drug-likeness (QED) is 0.609. The van der Waals surface area contributed by atoms with E-state index in [2.05, 4.69) is 57.6 Å². The van der Waals surface area contributed by atoms with E-state index in [4.69, 9.17) is 5.73 Å². The van der Waals surface area contributed by atoms with Gasteiger partial charge in [-0.3, -0.25) is 0 Å². The number of halogens is 1. The van der Waals surface area contributed by atoms with Crippen LogP contribution >= 0.6 is 22.6 Å². The Morgan fingerprint density at radius 2 is 2.11 bits per heavy atom. The Morgan fingerprint density at radius 3 is 2.89 bits per heavy atom. The topological polar surface area (TPSA) is 32.5 Å². The van der Waals surface area contributed by atoms with Gasteiger partial charge in [-0.1, -0.05) is 0 Å². The molecule has 3 nitrogen and oxygen atoms in total. The van der Waals surface area contributed by atoms with Gasteiger partial charge in [-0.15, -0.1) is 0 Å². The molecule has 0 aliphatic carbocycles. The van der Waals surface area contributed by atoms with Gasteiger partial charge in [0.25, 0.3) is 0 Å². The Bertz CT molecular complexity index is 463. The molecule has 2 fully saturated rings. The maximum Gasteiger partial charge on any atom is 0.0600 e. The lowest BCUT2D eigenvalue weighted by atomic mass is 9.84. The van der Waals surface area contributed by atoms with Crippen LogP contribution in [0.15, 0.2) is 18.2 Å². The minimum absolute atomic E-state index is 0.787. The van der Waals surface area contributed by atoms with E-state index < -0.39 is 0 Å². The molecule has 1 aromatic carbocycles. The second-order valence-electron chi connectivity index (χ2n) is 5.89. The van der Waals surface area contributed by atoms with Crippen LogP contribution in [0.25, 0.3) is 0 Å².